The first kappa shape index (κ1) is 8.99. The van der Waals surface area contributed by atoms with Crippen LogP contribution in [-0.4, -0.2) is 19.6 Å². The second-order valence-electron chi connectivity index (χ2n) is 1.76. The molecule has 0 aliphatic rings. The maximum absolute atomic E-state index is 5.40. The minimum atomic E-state index is 0.618. The van der Waals surface area contributed by atoms with E-state index in [9.17, 15) is 0 Å². The lowest BCUT2D eigenvalue weighted by Crippen LogP contribution is -1.85. The smallest absolute Gasteiger partial charge is 0.0465 e. The molecule has 0 saturated carbocycles. The molecule has 0 radical (unpaired) electrons. The van der Waals surface area contributed by atoms with Gasteiger partial charge in [-0.25, -0.2) is 0 Å². The molecule has 0 aromatic carbocycles. The van der Waals surface area contributed by atoms with Crippen molar-refractivity contribution in [2.45, 2.75) is 12.8 Å². The monoisotopic (exact) mass is 148 g/mol. The summed E-state index contributed by atoms with van der Waals surface area (Å²) in [5.41, 5.74) is 0. The molecule has 0 saturated heterocycles. The Balaban J connectivity index is 2.82. The van der Waals surface area contributed by atoms with Gasteiger partial charge in [-0.3, -0.25) is 0 Å². The lowest BCUT2D eigenvalue weighted by molar-refractivity contribution is 0.196. The van der Waals surface area contributed by atoms with Gasteiger partial charge in [-0.1, -0.05) is 12.2 Å². The number of ether oxygens (including phenoxy) is 1. The molecule has 0 rings (SSSR count). The summed E-state index contributed by atoms with van der Waals surface area (Å²) in [5.74, 6) is 0.618. The molecule has 0 aliphatic heterocycles. The van der Waals surface area contributed by atoms with Gasteiger partial charge in [0.25, 0.3) is 0 Å². The van der Waals surface area contributed by atoms with Crippen LogP contribution in [0.15, 0.2) is 12.2 Å². The Labute approximate surface area is 61.7 Å². The zero-order valence-corrected chi connectivity index (χ0v) is 6.53. The van der Waals surface area contributed by atoms with Gasteiger partial charge >= 0.3 is 0 Å². The van der Waals surface area contributed by atoms with Crippen molar-refractivity contribution in [1.29, 1.82) is 0 Å². The Morgan fingerprint density at radius 1 is 1.44 bits per heavy atom. The van der Waals surface area contributed by atoms with Gasteiger partial charge in [0.1, 0.15) is 0 Å². The third-order valence-corrected chi connectivity index (χ3v) is 1.15. The van der Waals surface area contributed by atoms with Gasteiger partial charge in [-0.2, -0.15) is 0 Å². The Hall–Kier alpha value is -0.0100. The normalized spacial score (nSPS) is 10.9. The van der Waals surface area contributed by atoms with E-state index in [4.69, 9.17) is 16.3 Å². The average Bonchev–Trinajstić information content (AvgIpc) is 1.89. The second-order valence-corrected chi connectivity index (χ2v) is 2.07. The molecule has 0 unspecified atom stereocenters. The summed E-state index contributed by atoms with van der Waals surface area (Å²) in [4.78, 5) is 0. The second kappa shape index (κ2) is 7.99. The highest BCUT2D eigenvalue weighted by atomic mass is 35.5. The van der Waals surface area contributed by atoms with Crippen LogP contribution < -0.4 is 0 Å². The van der Waals surface area contributed by atoms with Crippen molar-refractivity contribution >= 4 is 11.6 Å². The number of hydrogen-bond acceptors (Lipinski definition) is 1. The van der Waals surface area contributed by atoms with Gasteiger partial charge in [0.05, 0.1) is 0 Å². The third kappa shape index (κ3) is 7.99. The Morgan fingerprint density at radius 2 is 2.22 bits per heavy atom. The number of unbranched alkanes of at least 4 members (excludes halogenated alkanes) is 1. The van der Waals surface area contributed by atoms with E-state index < -0.39 is 0 Å². The molecule has 0 bridgehead atoms. The molecule has 0 aliphatic carbocycles. The van der Waals surface area contributed by atoms with Crippen molar-refractivity contribution in [3.05, 3.63) is 12.2 Å². The predicted octanol–water partition coefficient (Wildman–Crippen LogP) is 2.21. The molecule has 0 amide bonds. The molecule has 0 fully saturated rings. The van der Waals surface area contributed by atoms with Gasteiger partial charge in [-0.15, -0.1) is 11.6 Å². The summed E-state index contributed by atoms with van der Waals surface area (Å²) in [7, 11) is 1.71. The third-order valence-electron chi connectivity index (χ3n) is 0.975. The van der Waals surface area contributed by atoms with E-state index in [1.54, 1.807) is 7.11 Å². The number of methoxy groups -OCH3 is 1. The molecule has 0 spiro atoms. The molecular weight excluding hydrogens is 136 g/mol. The predicted molar refractivity (Wildman–Crippen MR) is 41.0 cm³/mol. The summed E-state index contributed by atoms with van der Waals surface area (Å²) in [6.07, 6.45) is 6.19. The van der Waals surface area contributed by atoms with Crippen molar-refractivity contribution in [3.63, 3.8) is 0 Å². The first-order chi connectivity index (χ1) is 4.41. The van der Waals surface area contributed by atoms with Gasteiger partial charge in [-0.05, 0) is 12.8 Å². The van der Waals surface area contributed by atoms with Crippen molar-refractivity contribution in [2.24, 2.45) is 0 Å². The maximum atomic E-state index is 5.40. The van der Waals surface area contributed by atoms with Crippen LogP contribution in [0.1, 0.15) is 12.8 Å². The number of alkyl halides is 1. The van der Waals surface area contributed by atoms with Crippen molar-refractivity contribution in [1.82, 2.24) is 0 Å². The van der Waals surface area contributed by atoms with Gasteiger partial charge < -0.3 is 4.74 Å². The van der Waals surface area contributed by atoms with E-state index >= 15 is 0 Å². The highest BCUT2D eigenvalue weighted by molar-refractivity contribution is 6.18. The molecule has 2 heteroatoms. The Bertz CT molecular complexity index is 71.3. The van der Waals surface area contributed by atoms with Gasteiger partial charge in [0, 0.05) is 19.6 Å². The van der Waals surface area contributed by atoms with E-state index in [0.29, 0.717) is 5.88 Å². The van der Waals surface area contributed by atoms with Gasteiger partial charge in [0.15, 0.2) is 0 Å². The largest absolute Gasteiger partial charge is 0.385 e. The summed E-state index contributed by atoms with van der Waals surface area (Å²) in [6, 6.07) is 0. The molecule has 9 heavy (non-hydrogen) atoms. The standard InChI is InChI=1S/C7H13ClO/c1-9-7-5-3-2-4-6-8/h2,4H,3,5-7H2,1H3/b4-2+. The number of allylic oxidation sites excluding steroid dienone is 2. The number of halogens is 1. The van der Waals surface area contributed by atoms with Crippen LogP contribution in [0.3, 0.4) is 0 Å². The lowest BCUT2D eigenvalue weighted by atomic mass is 10.3. The summed E-state index contributed by atoms with van der Waals surface area (Å²) in [6.45, 7) is 0.840. The SMILES string of the molecule is COCCC/C=C/CCl. The van der Waals surface area contributed by atoms with Crippen molar-refractivity contribution in [2.75, 3.05) is 19.6 Å². The molecule has 1 nitrogen and oxygen atoms in total. The van der Waals surface area contributed by atoms with Gasteiger partial charge in [0.2, 0.25) is 0 Å². The molecule has 0 atom stereocenters. The van der Waals surface area contributed by atoms with Crippen LogP contribution >= 0.6 is 11.6 Å². The van der Waals surface area contributed by atoms with E-state index in [-0.39, 0.29) is 0 Å². The molecule has 54 valence electrons. The van der Waals surface area contributed by atoms with E-state index in [1.165, 1.54) is 0 Å². The first-order valence-electron chi connectivity index (χ1n) is 3.11. The van der Waals surface area contributed by atoms with Crippen LogP contribution in [0.5, 0.6) is 0 Å². The highest BCUT2D eigenvalue weighted by Crippen LogP contribution is 1.91. The highest BCUT2D eigenvalue weighted by Gasteiger charge is 1.79. The fraction of sp³-hybridized carbons (Fsp3) is 0.714. The van der Waals surface area contributed by atoms with Crippen molar-refractivity contribution in [3.8, 4) is 0 Å². The van der Waals surface area contributed by atoms with Crippen LogP contribution in [0, 0.1) is 0 Å². The average molecular weight is 149 g/mol. The zero-order valence-electron chi connectivity index (χ0n) is 5.77. The van der Waals surface area contributed by atoms with E-state index in [1.807, 2.05) is 6.08 Å². The first-order valence-corrected chi connectivity index (χ1v) is 3.65. The number of rotatable bonds is 5. The molecule has 0 aromatic heterocycles. The molecule has 0 heterocycles. The minimum absolute atomic E-state index is 0.618. The zero-order chi connectivity index (χ0) is 6.95. The van der Waals surface area contributed by atoms with E-state index in [0.717, 1.165) is 19.4 Å². The van der Waals surface area contributed by atoms with Crippen LogP contribution in [0.2, 0.25) is 0 Å². The van der Waals surface area contributed by atoms with E-state index in [2.05, 4.69) is 6.08 Å². The molecular formula is C7H13ClO. The Morgan fingerprint density at radius 3 is 2.78 bits per heavy atom. The fourth-order valence-electron chi connectivity index (χ4n) is 0.526. The topological polar surface area (TPSA) is 9.23 Å². The minimum Gasteiger partial charge on any atom is -0.385 e. The quantitative estimate of drug-likeness (QED) is 0.330. The maximum Gasteiger partial charge on any atom is 0.0465 e. The van der Waals surface area contributed by atoms with Crippen LogP contribution in [0.4, 0.5) is 0 Å². The summed E-state index contributed by atoms with van der Waals surface area (Å²) in [5, 5.41) is 0. The van der Waals surface area contributed by atoms with Crippen molar-refractivity contribution < 1.29 is 4.74 Å². The van der Waals surface area contributed by atoms with Crippen LogP contribution in [0.25, 0.3) is 0 Å². The van der Waals surface area contributed by atoms with Crippen LogP contribution in [-0.2, 0) is 4.74 Å². The fourth-order valence-corrected chi connectivity index (χ4v) is 0.652. The molecule has 0 N–H and O–H groups in total. The lowest BCUT2D eigenvalue weighted by Gasteiger charge is -1.91. The summed E-state index contributed by atoms with van der Waals surface area (Å²) < 4.78 is 4.86. The summed E-state index contributed by atoms with van der Waals surface area (Å²) >= 11 is 5.40. The molecule has 0 aromatic rings. The number of hydrogen-bond donors (Lipinski definition) is 0. The Kier molecular flexibility index (Phi) is 7.98.